The van der Waals surface area contributed by atoms with Gasteiger partial charge in [-0.15, -0.1) is 0 Å². The molecule has 168 valence electrons. The van der Waals surface area contributed by atoms with Gasteiger partial charge in [0, 0.05) is 6.54 Å². The molecule has 33 heavy (non-hydrogen) atoms. The highest BCUT2D eigenvalue weighted by Gasteiger charge is 2.23. The monoisotopic (exact) mass is 462 g/mol. The summed E-state index contributed by atoms with van der Waals surface area (Å²) >= 11 is 0. The lowest BCUT2D eigenvalue weighted by Gasteiger charge is -2.17. The van der Waals surface area contributed by atoms with Crippen LogP contribution in [-0.2, 0) is 16.4 Å². The summed E-state index contributed by atoms with van der Waals surface area (Å²) in [6, 6.07) is 25.0. The fraction of sp³-hybridized carbons (Fsp3) is 0.0800. The summed E-state index contributed by atoms with van der Waals surface area (Å²) in [5, 5.41) is 20.3. The molecule has 8 heteroatoms. The Bertz CT molecular complexity index is 1410. The van der Waals surface area contributed by atoms with Crippen LogP contribution in [0.2, 0.25) is 0 Å². The van der Waals surface area contributed by atoms with Crippen LogP contribution in [0.3, 0.4) is 0 Å². The summed E-state index contributed by atoms with van der Waals surface area (Å²) in [6.07, 6.45) is 0.619. The first-order valence-corrected chi connectivity index (χ1v) is 11.7. The van der Waals surface area contributed by atoms with Gasteiger partial charge < -0.3 is 15.2 Å². The van der Waals surface area contributed by atoms with Gasteiger partial charge in [0.05, 0.1) is 11.3 Å². The maximum absolute atomic E-state index is 12.3. The lowest BCUT2D eigenvalue weighted by atomic mass is 10.0. The number of fused-ring (bicyclic) bond motifs is 1. The van der Waals surface area contributed by atoms with Gasteiger partial charge in [0.25, 0.3) is 0 Å². The van der Waals surface area contributed by atoms with E-state index in [1.165, 1.54) is 6.07 Å². The molecule has 0 heterocycles. The van der Waals surface area contributed by atoms with Crippen molar-refractivity contribution in [3.63, 3.8) is 0 Å². The van der Waals surface area contributed by atoms with Crippen LogP contribution in [0.25, 0.3) is 10.8 Å². The summed E-state index contributed by atoms with van der Waals surface area (Å²) in [5.74, 6) is -0.933. The van der Waals surface area contributed by atoms with E-state index in [2.05, 4.69) is 5.32 Å². The van der Waals surface area contributed by atoms with Gasteiger partial charge in [-0.05, 0) is 47.0 Å². The molecule has 0 aliphatic heterocycles. The van der Waals surface area contributed by atoms with Crippen LogP contribution in [-0.4, -0.2) is 26.0 Å². The minimum Gasteiger partial charge on any atom is -0.478 e. The average molecular weight is 463 g/mol. The molecular formula is C25H22N2O5S. The number of benzene rings is 4. The third-order valence-corrected chi connectivity index (χ3v) is 6.08. The van der Waals surface area contributed by atoms with Crippen LogP contribution in [0.4, 0.5) is 5.69 Å². The molecule has 0 aliphatic rings. The standard InChI is InChI=1S/C25H22N2O5S/c26-33(30,31)23-16-19(25(28)29)15-22(24(23)32-20-10-2-1-3-11-20)27-14-13-18-9-6-8-17-7-4-5-12-21(17)18/h1-12,15-16,27H,13-14H2,(H,28,29)(H2,26,30,31). The Balaban J connectivity index is 1.70. The predicted molar refractivity (Wildman–Crippen MR) is 127 cm³/mol. The highest BCUT2D eigenvalue weighted by Crippen LogP contribution is 2.37. The first kappa shape index (κ1) is 22.3. The molecular weight excluding hydrogens is 440 g/mol. The third-order valence-electron chi connectivity index (χ3n) is 5.16. The normalized spacial score (nSPS) is 11.3. The second-order valence-electron chi connectivity index (χ2n) is 7.43. The fourth-order valence-corrected chi connectivity index (χ4v) is 4.32. The van der Waals surface area contributed by atoms with Gasteiger partial charge in [0.2, 0.25) is 10.0 Å². The predicted octanol–water partition coefficient (Wildman–Crippen LogP) is 4.63. The van der Waals surface area contributed by atoms with Crippen molar-refractivity contribution in [2.45, 2.75) is 11.3 Å². The van der Waals surface area contributed by atoms with E-state index in [-0.39, 0.29) is 17.0 Å². The molecule has 7 nitrogen and oxygen atoms in total. The molecule has 0 bridgehead atoms. The van der Waals surface area contributed by atoms with Crippen molar-refractivity contribution in [1.29, 1.82) is 0 Å². The van der Waals surface area contributed by atoms with Crippen LogP contribution < -0.4 is 15.2 Å². The van der Waals surface area contributed by atoms with E-state index in [0.29, 0.717) is 18.7 Å². The van der Waals surface area contributed by atoms with Crippen LogP contribution in [0, 0.1) is 0 Å². The maximum atomic E-state index is 12.3. The Hall–Kier alpha value is -3.88. The number of nitrogens with two attached hydrogens (primary N) is 1. The van der Waals surface area contributed by atoms with Crippen molar-refractivity contribution in [3.8, 4) is 11.5 Å². The number of carboxylic acids is 1. The molecule has 4 rings (SSSR count). The van der Waals surface area contributed by atoms with Gasteiger partial charge in [-0.2, -0.15) is 0 Å². The number of primary sulfonamides is 1. The Morgan fingerprint density at radius 3 is 2.36 bits per heavy atom. The average Bonchev–Trinajstić information content (AvgIpc) is 2.80. The molecule has 0 aliphatic carbocycles. The molecule has 0 saturated carbocycles. The lowest BCUT2D eigenvalue weighted by Crippen LogP contribution is -2.16. The molecule has 4 N–H and O–H groups in total. The van der Waals surface area contributed by atoms with Crippen LogP contribution in [0.5, 0.6) is 11.5 Å². The first-order chi connectivity index (χ1) is 15.8. The van der Waals surface area contributed by atoms with E-state index in [0.717, 1.165) is 22.4 Å². The zero-order valence-electron chi connectivity index (χ0n) is 17.6. The van der Waals surface area contributed by atoms with Gasteiger partial charge in [-0.1, -0.05) is 60.7 Å². The van der Waals surface area contributed by atoms with Crippen LogP contribution >= 0.6 is 0 Å². The molecule has 0 atom stereocenters. The quantitative estimate of drug-likeness (QED) is 0.351. The zero-order chi connectivity index (χ0) is 23.4. The Morgan fingerprint density at radius 2 is 1.64 bits per heavy atom. The van der Waals surface area contributed by atoms with Crippen molar-refractivity contribution in [2.24, 2.45) is 5.14 Å². The van der Waals surface area contributed by atoms with E-state index in [4.69, 9.17) is 9.88 Å². The minimum absolute atomic E-state index is 0.0494. The van der Waals surface area contributed by atoms with Crippen molar-refractivity contribution in [3.05, 3.63) is 96.1 Å². The first-order valence-electron chi connectivity index (χ1n) is 10.2. The third kappa shape index (κ3) is 5.14. The number of rotatable bonds is 8. The number of hydrogen-bond donors (Lipinski definition) is 3. The molecule has 0 fully saturated rings. The summed E-state index contributed by atoms with van der Waals surface area (Å²) < 4.78 is 30.4. The number of anilines is 1. The minimum atomic E-state index is -4.27. The van der Waals surface area contributed by atoms with Gasteiger partial charge in [-0.3, -0.25) is 0 Å². The van der Waals surface area contributed by atoms with Gasteiger partial charge in [0.15, 0.2) is 5.75 Å². The van der Waals surface area contributed by atoms with E-state index in [9.17, 15) is 18.3 Å². The van der Waals surface area contributed by atoms with E-state index >= 15 is 0 Å². The summed E-state index contributed by atoms with van der Waals surface area (Å²) in [5.41, 5.74) is 1.11. The van der Waals surface area contributed by atoms with Crippen LogP contribution in [0.1, 0.15) is 15.9 Å². The van der Waals surface area contributed by atoms with E-state index in [1.807, 2.05) is 42.5 Å². The Labute approximate surface area is 191 Å². The molecule has 0 unspecified atom stereocenters. The van der Waals surface area contributed by atoms with Crippen molar-refractivity contribution in [2.75, 3.05) is 11.9 Å². The number of carbonyl (C=O) groups is 1. The maximum Gasteiger partial charge on any atom is 0.335 e. The molecule has 0 aromatic heterocycles. The SMILES string of the molecule is NS(=O)(=O)c1cc(C(=O)O)cc(NCCc2cccc3ccccc23)c1Oc1ccccc1. The smallest absolute Gasteiger partial charge is 0.335 e. The zero-order valence-corrected chi connectivity index (χ0v) is 18.4. The van der Waals surface area contributed by atoms with Gasteiger partial charge in [0.1, 0.15) is 10.6 Å². The highest BCUT2D eigenvalue weighted by atomic mass is 32.2. The van der Waals surface area contributed by atoms with E-state index in [1.54, 1.807) is 30.3 Å². The number of hydrogen-bond acceptors (Lipinski definition) is 5. The lowest BCUT2D eigenvalue weighted by molar-refractivity contribution is 0.0696. The largest absolute Gasteiger partial charge is 0.478 e. The number of ether oxygens (including phenoxy) is 1. The molecule has 4 aromatic rings. The molecule has 0 radical (unpaired) electrons. The molecule has 4 aromatic carbocycles. The molecule has 0 saturated heterocycles. The number of aromatic carboxylic acids is 1. The number of carboxylic acid groups (broad SMARTS) is 1. The topological polar surface area (TPSA) is 119 Å². The number of para-hydroxylation sites is 1. The van der Waals surface area contributed by atoms with Crippen molar-refractivity contribution < 1.29 is 23.1 Å². The molecule has 0 spiro atoms. The number of nitrogens with one attached hydrogen (secondary N) is 1. The van der Waals surface area contributed by atoms with Gasteiger partial charge >= 0.3 is 5.97 Å². The van der Waals surface area contributed by atoms with Crippen molar-refractivity contribution in [1.82, 2.24) is 0 Å². The van der Waals surface area contributed by atoms with Gasteiger partial charge in [-0.25, -0.2) is 18.4 Å². The second kappa shape index (κ2) is 9.32. The number of sulfonamides is 1. The Morgan fingerprint density at radius 1 is 0.939 bits per heavy atom. The summed E-state index contributed by atoms with van der Waals surface area (Å²) in [7, 11) is -4.27. The van der Waals surface area contributed by atoms with Crippen molar-refractivity contribution >= 4 is 32.5 Å². The summed E-state index contributed by atoms with van der Waals surface area (Å²) in [4.78, 5) is 11.2. The Kier molecular flexibility index (Phi) is 6.30. The van der Waals surface area contributed by atoms with E-state index < -0.39 is 20.9 Å². The second-order valence-corrected chi connectivity index (χ2v) is 8.96. The van der Waals surface area contributed by atoms with Crippen LogP contribution in [0.15, 0.2) is 89.8 Å². The summed E-state index contributed by atoms with van der Waals surface area (Å²) in [6.45, 7) is 0.409. The molecule has 0 amide bonds. The highest BCUT2D eigenvalue weighted by molar-refractivity contribution is 7.89. The fourth-order valence-electron chi connectivity index (χ4n) is 3.62.